The summed E-state index contributed by atoms with van der Waals surface area (Å²) in [7, 11) is 0. The van der Waals surface area contributed by atoms with Crippen LogP contribution in [-0.2, 0) is 4.79 Å². The number of allylic oxidation sites excluding steroid dienone is 1. The number of nitrogens with one attached hydrogen (secondary N) is 2. The second kappa shape index (κ2) is 3.09. The van der Waals surface area contributed by atoms with Gasteiger partial charge in [-0.2, -0.15) is 0 Å². The third-order valence-electron chi connectivity index (χ3n) is 3.55. The SMILES string of the molecule is CC1(C)CC(=O)C2=C(C1)NC(C)(C(=N)N)C2. The molecule has 0 amide bonds. The number of nitrogens with two attached hydrogens (primary N) is 1. The van der Waals surface area contributed by atoms with Crippen LogP contribution in [0.2, 0.25) is 0 Å². The number of amidine groups is 1. The first-order chi connectivity index (χ1) is 7.23. The zero-order valence-corrected chi connectivity index (χ0v) is 10.1. The molecular formula is C12H19N3O. The summed E-state index contributed by atoms with van der Waals surface area (Å²) in [5, 5.41) is 10.8. The van der Waals surface area contributed by atoms with E-state index in [2.05, 4.69) is 19.2 Å². The van der Waals surface area contributed by atoms with Crippen molar-refractivity contribution in [3.05, 3.63) is 11.3 Å². The number of ketones is 1. The van der Waals surface area contributed by atoms with Crippen LogP contribution in [0.5, 0.6) is 0 Å². The average Bonchev–Trinajstić information content (AvgIpc) is 2.41. The van der Waals surface area contributed by atoms with E-state index in [-0.39, 0.29) is 17.0 Å². The largest absolute Gasteiger partial charge is 0.386 e. The van der Waals surface area contributed by atoms with Gasteiger partial charge in [-0.15, -0.1) is 0 Å². The molecule has 2 aliphatic rings. The Balaban J connectivity index is 2.30. The van der Waals surface area contributed by atoms with Gasteiger partial charge in [0.2, 0.25) is 0 Å². The van der Waals surface area contributed by atoms with Crippen LogP contribution in [0.4, 0.5) is 0 Å². The molecular weight excluding hydrogens is 202 g/mol. The van der Waals surface area contributed by atoms with Crippen molar-refractivity contribution in [1.29, 1.82) is 5.41 Å². The Bertz CT molecular complexity index is 408. The van der Waals surface area contributed by atoms with E-state index in [9.17, 15) is 4.79 Å². The molecule has 0 saturated heterocycles. The molecule has 0 aromatic rings. The fraction of sp³-hybridized carbons (Fsp3) is 0.667. The maximum Gasteiger partial charge on any atom is 0.161 e. The maximum absolute atomic E-state index is 12.0. The van der Waals surface area contributed by atoms with Crippen molar-refractivity contribution in [3.63, 3.8) is 0 Å². The van der Waals surface area contributed by atoms with E-state index < -0.39 is 5.54 Å². The van der Waals surface area contributed by atoms with Crippen LogP contribution < -0.4 is 11.1 Å². The fourth-order valence-corrected chi connectivity index (χ4v) is 2.58. The second-order valence-corrected chi connectivity index (χ2v) is 5.95. The van der Waals surface area contributed by atoms with Gasteiger partial charge in [0.1, 0.15) is 5.84 Å². The Labute approximate surface area is 95.8 Å². The zero-order chi connectivity index (χ0) is 12.1. The van der Waals surface area contributed by atoms with Gasteiger partial charge >= 0.3 is 0 Å². The zero-order valence-electron chi connectivity index (χ0n) is 10.1. The van der Waals surface area contributed by atoms with Gasteiger partial charge in [-0.1, -0.05) is 13.8 Å². The molecule has 1 aliphatic heterocycles. The first kappa shape index (κ1) is 11.2. The molecule has 0 bridgehead atoms. The van der Waals surface area contributed by atoms with Gasteiger partial charge in [-0.25, -0.2) is 0 Å². The van der Waals surface area contributed by atoms with Gasteiger partial charge in [-0.05, 0) is 18.8 Å². The topological polar surface area (TPSA) is 79.0 Å². The molecule has 1 heterocycles. The quantitative estimate of drug-likeness (QED) is 0.461. The molecule has 0 aromatic heterocycles. The Morgan fingerprint density at radius 3 is 2.50 bits per heavy atom. The highest BCUT2D eigenvalue weighted by molar-refractivity contribution is 6.01. The van der Waals surface area contributed by atoms with Gasteiger partial charge < -0.3 is 11.1 Å². The summed E-state index contributed by atoms with van der Waals surface area (Å²) >= 11 is 0. The van der Waals surface area contributed by atoms with E-state index in [1.807, 2.05) is 6.92 Å². The molecule has 0 radical (unpaired) electrons. The van der Waals surface area contributed by atoms with E-state index in [1.165, 1.54) is 0 Å². The Morgan fingerprint density at radius 1 is 1.31 bits per heavy atom. The number of hydrogen-bond acceptors (Lipinski definition) is 3. The molecule has 16 heavy (non-hydrogen) atoms. The Kier molecular flexibility index (Phi) is 2.16. The van der Waals surface area contributed by atoms with Gasteiger partial charge in [0.05, 0.1) is 5.54 Å². The second-order valence-electron chi connectivity index (χ2n) is 5.95. The molecule has 4 nitrogen and oxygen atoms in total. The Morgan fingerprint density at radius 2 is 1.94 bits per heavy atom. The van der Waals surface area contributed by atoms with Gasteiger partial charge in [0.15, 0.2) is 5.78 Å². The minimum absolute atomic E-state index is 0.0188. The Hall–Kier alpha value is -1.32. The van der Waals surface area contributed by atoms with Crippen LogP contribution in [0.3, 0.4) is 0 Å². The smallest absolute Gasteiger partial charge is 0.161 e. The highest BCUT2D eigenvalue weighted by Crippen LogP contribution is 2.42. The molecule has 0 aromatic carbocycles. The summed E-state index contributed by atoms with van der Waals surface area (Å²) in [6, 6.07) is 0. The lowest BCUT2D eigenvalue weighted by Crippen LogP contribution is -2.49. The van der Waals surface area contributed by atoms with Crippen LogP contribution in [0.15, 0.2) is 11.3 Å². The van der Waals surface area contributed by atoms with Gasteiger partial charge in [0.25, 0.3) is 0 Å². The molecule has 1 aliphatic carbocycles. The summed E-state index contributed by atoms with van der Waals surface area (Å²) in [5.74, 6) is 0.316. The number of carbonyl (C=O) groups is 1. The minimum Gasteiger partial charge on any atom is -0.386 e. The molecule has 2 rings (SSSR count). The van der Waals surface area contributed by atoms with Crippen molar-refractivity contribution in [1.82, 2.24) is 5.32 Å². The third-order valence-corrected chi connectivity index (χ3v) is 3.55. The molecule has 0 fully saturated rings. The first-order valence-electron chi connectivity index (χ1n) is 5.61. The first-order valence-corrected chi connectivity index (χ1v) is 5.61. The molecule has 4 N–H and O–H groups in total. The number of rotatable bonds is 1. The van der Waals surface area contributed by atoms with Crippen molar-refractivity contribution in [2.24, 2.45) is 11.1 Å². The van der Waals surface area contributed by atoms with Crippen LogP contribution in [0.1, 0.15) is 40.0 Å². The summed E-state index contributed by atoms with van der Waals surface area (Å²) in [4.78, 5) is 12.0. The summed E-state index contributed by atoms with van der Waals surface area (Å²) in [6.07, 6.45) is 2.03. The summed E-state index contributed by atoms with van der Waals surface area (Å²) < 4.78 is 0. The van der Waals surface area contributed by atoms with Crippen molar-refractivity contribution >= 4 is 11.6 Å². The molecule has 4 heteroatoms. The maximum atomic E-state index is 12.0. The summed E-state index contributed by atoms with van der Waals surface area (Å²) in [6.45, 7) is 6.08. The van der Waals surface area contributed by atoms with Crippen molar-refractivity contribution in [2.45, 2.75) is 45.6 Å². The van der Waals surface area contributed by atoms with Crippen LogP contribution in [0, 0.1) is 10.8 Å². The van der Waals surface area contributed by atoms with Crippen molar-refractivity contribution < 1.29 is 4.79 Å². The fourth-order valence-electron chi connectivity index (χ4n) is 2.58. The minimum atomic E-state index is -0.555. The number of hydrogen-bond donors (Lipinski definition) is 3. The predicted molar refractivity (Wildman–Crippen MR) is 63.1 cm³/mol. The molecule has 0 saturated carbocycles. The highest BCUT2D eigenvalue weighted by Gasteiger charge is 2.44. The number of carbonyl (C=O) groups excluding carboxylic acids is 1. The van der Waals surface area contributed by atoms with E-state index in [0.717, 1.165) is 17.7 Å². The average molecular weight is 221 g/mol. The van der Waals surface area contributed by atoms with Crippen molar-refractivity contribution in [3.8, 4) is 0 Å². The monoisotopic (exact) mass is 221 g/mol. The molecule has 88 valence electrons. The van der Waals surface area contributed by atoms with Crippen LogP contribution in [-0.4, -0.2) is 17.2 Å². The lowest BCUT2D eigenvalue weighted by molar-refractivity contribution is -0.118. The third kappa shape index (κ3) is 1.62. The predicted octanol–water partition coefficient (Wildman–Crippen LogP) is 1.32. The van der Waals surface area contributed by atoms with Gasteiger partial charge in [0, 0.05) is 24.1 Å². The van der Waals surface area contributed by atoms with Gasteiger partial charge in [-0.3, -0.25) is 10.2 Å². The van der Waals surface area contributed by atoms with Crippen LogP contribution in [0.25, 0.3) is 0 Å². The van der Waals surface area contributed by atoms with E-state index in [1.54, 1.807) is 0 Å². The molecule has 1 atom stereocenters. The highest BCUT2D eigenvalue weighted by atomic mass is 16.1. The lowest BCUT2D eigenvalue weighted by atomic mass is 9.76. The van der Waals surface area contributed by atoms with E-state index >= 15 is 0 Å². The molecule has 0 spiro atoms. The molecule has 1 unspecified atom stereocenters. The normalized spacial score (nSPS) is 32.3. The van der Waals surface area contributed by atoms with Crippen molar-refractivity contribution in [2.75, 3.05) is 0 Å². The number of Topliss-reactive ketones (excluding diaryl/α,β-unsaturated/α-hetero) is 1. The lowest BCUT2D eigenvalue weighted by Gasteiger charge is -2.30. The van der Waals surface area contributed by atoms with E-state index in [0.29, 0.717) is 12.8 Å². The standard InChI is InChI=1S/C12H19N3O/c1-11(2)5-8-7(9(16)6-11)4-12(3,15-8)10(13)14/h15H,4-6H2,1-3H3,(H3,13,14). The summed E-state index contributed by atoms with van der Waals surface area (Å²) in [5.41, 5.74) is 6.90. The van der Waals surface area contributed by atoms with E-state index in [4.69, 9.17) is 11.1 Å². The van der Waals surface area contributed by atoms with Crippen LogP contribution >= 0.6 is 0 Å².